The number of carbonyl (C=O) groups excluding carboxylic acids is 2. The minimum absolute atomic E-state index is 0.0524. The van der Waals surface area contributed by atoms with Gasteiger partial charge in [0.25, 0.3) is 5.91 Å². The van der Waals surface area contributed by atoms with E-state index in [0.717, 1.165) is 0 Å². The number of carboxylic acid groups (broad SMARTS) is 1. The van der Waals surface area contributed by atoms with Gasteiger partial charge in [-0.2, -0.15) is 0 Å². The summed E-state index contributed by atoms with van der Waals surface area (Å²) >= 11 is 0. The van der Waals surface area contributed by atoms with Crippen LogP contribution in [-0.4, -0.2) is 47.4 Å². The fourth-order valence-electron chi connectivity index (χ4n) is 2.28. The molecule has 0 aromatic heterocycles. The van der Waals surface area contributed by atoms with Crippen molar-refractivity contribution in [2.75, 3.05) is 19.6 Å². The fraction of sp³-hybridized carbons (Fsp3) is 0.500. The average molecular weight is 334 g/mol. The smallest absolute Gasteiger partial charge is 0.305 e. The van der Waals surface area contributed by atoms with Gasteiger partial charge in [-0.05, 0) is 24.5 Å². The number of amides is 2. The highest BCUT2D eigenvalue weighted by Crippen LogP contribution is 2.05. The number of rotatable bonds is 10. The van der Waals surface area contributed by atoms with E-state index >= 15 is 0 Å². The van der Waals surface area contributed by atoms with Crippen molar-refractivity contribution in [3.05, 3.63) is 35.9 Å². The molecule has 0 spiro atoms. The van der Waals surface area contributed by atoms with Crippen molar-refractivity contribution in [3.8, 4) is 0 Å². The molecule has 0 aliphatic heterocycles. The molecular weight excluding hydrogens is 308 g/mol. The Kier molecular flexibility index (Phi) is 8.54. The second-order valence-electron chi connectivity index (χ2n) is 6.10. The van der Waals surface area contributed by atoms with E-state index in [1.807, 2.05) is 19.9 Å². The molecule has 0 fully saturated rings. The van der Waals surface area contributed by atoms with E-state index in [2.05, 4.69) is 5.32 Å². The maximum Gasteiger partial charge on any atom is 0.305 e. The van der Waals surface area contributed by atoms with Crippen LogP contribution in [0.15, 0.2) is 30.3 Å². The Morgan fingerprint density at radius 3 is 2.38 bits per heavy atom. The molecule has 0 atom stereocenters. The van der Waals surface area contributed by atoms with E-state index in [4.69, 9.17) is 5.11 Å². The summed E-state index contributed by atoms with van der Waals surface area (Å²) in [5.41, 5.74) is 0.590. The molecule has 6 nitrogen and oxygen atoms in total. The number of benzene rings is 1. The monoisotopic (exact) mass is 334 g/mol. The van der Waals surface area contributed by atoms with E-state index in [-0.39, 0.29) is 30.7 Å². The van der Waals surface area contributed by atoms with Gasteiger partial charge in [0.2, 0.25) is 5.91 Å². The summed E-state index contributed by atoms with van der Waals surface area (Å²) in [7, 11) is 0. The first kappa shape index (κ1) is 19.7. The molecular formula is C18H26N2O4. The van der Waals surface area contributed by atoms with Gasteiger partial charge in [0.15, 0.2) is 0 Å². The first-order valence-electron chi connectivity index (χ1n) is 8.23. The summed E-state index contributed by atoms with van der Waals surface area (Å²) in [4.78, 5) is 36.4. The quantitative estimate of drug-likeness (QED) is 0.642. The van der Waals surface area contributed by atoms with Crippen LogP contribution >= 0.6 is 0 Å². The van der Waals surface area contributed by atoms with Crippen molar-refractivity contribution in [2.24, 2.45) is 5.92 Å². The van der Waals surface area contributed by atoms with E-state index in [9.17, 15) is 14.4 Å². The summed E-state index contributed by atoms with van der Waals surface area (Å²) in [5, 5.41) is 11.6. The molecule has 0 radical (unpaired) electrons. The molecule has 0 heterocycles. The first-order chi connectivity index (χ1) is 11.4. The summed E-state index contributed by atoms with van der Waals surface area (Å²) in [6.45, 7) is 5.15. The van der Waals surface area contributed by atoms with Crippen LogP contribution < -0.4 is 5.32 Å². The maximum atomic E-state index is 12.2. The lowest BCUT2D eigenvalue weighted by Gasteiger charge is -2.24. The second kappa shape index (κ2) is 10.4. The number of carboxylic acids is 1. The summed E-state index contributed by atoms with van der Waals surface area (Å²) < 4.78 is 0. The molecule has 0 saturated carbocycles. The summed E-state index contributed by atoms with van der Waals surface area (Å²) in [6.07, 6.45) is 0.768. The summed E-state index contributed by atoms with van der Waals surface area (Å²) in [6, 6.07) is 8.90. The molecule has 0 bridgehead atoms. The van der Waals surface area contributed by atoms with Gasteiger partial charge in [-0.15, -0.1) is 0 Å². The van der Waals surface area contributed by atoms with Crippen LogP contribution in [0.4, 0.5) is 0 Å². The molecule has 24 heavy (non-hydrogen) atoms. The molecule has 132 valence electrons. The Hall–Kier alpha value is -2.37. The lowest BCUT2D eigenvalue weighted by Crippen LogP contribution is -2.36. The van der Waals surface area contributed by atoms with Gasteiger partial charge in [-0.1, -0.05) is 32.0 Å². The number of hydrogen-bond donors (Lipinski definition) is 2. The fourth-order valence-corrected chi connectivity index (χ4v) is 2.28. The number of aliphatic carboxylic acids is 1. The van der Waals surface area contributed by atoms with Gasteiger partial charge < -0.3 is 15.3 Å². The molecule has 0 aliphatic carbocycles. The van der Waals surface area contributed by atoms with Crippen molar-refractivity contribution < 1.29 is 19.5 Å². The van der Waals surface area contributed by atoms with Crippen LogP contribution in [0, 0.1) is 5.92 Å². The molecule has 2 amide bonds. The van der Waals surface area contributed by atoms with Crippen LogP contribution in [0.1, 0.15) is 43.5 Å². The Labute approximate surface area is 142 Å². The zero-order valence-electron chi connectivity index (χ0n) is 14.3. The number of nitrogens with one attached hydrogen (secondary N) is 1. The first-order valence-corrected chi connectivity index (χ1v) is 8.23. The predicted octanol–water partition coefficient (Wildman–Crippen LogP) is 2.16. The number of carbonyl (C=O) groups is 3. The number of hydrogen-bond acceptors (Lipinski definition) is 3. The van der Waals surface area contributed by atoms with Gasteiger partial charge >= 0.3 is 5.97 Å². The third kappa shape index (κ3) is 7.76. The Bertz CT molecular complexity index is 543. The molecule has 1 aromatic rings. The summed E-state index contributed by atoms with van der Waals surface area (Å²) in [5.74, 6) is -0.862. The molecule has 1 rings (SSSR count). The third-order valence-corrected chi connectivity index (χ3v) is 3.42. The van der Waals surface area contributed by atoms with Gasteiger partial charge in [0.1, 0.15) is 0 Å². The minimum atomic E-state index is -0.910. The lowest BCUT2D eigenvalue weighted by molar-refractivity contribution is -0.138. The van der Waals surface area contributed by atoms with Gasteiger partial charge in [-0.25, -0.2) is 0 Å². The average Bonchev–Trinajstić information content (AvgIpc) is 2.55. The van der Waals surface area contributed by atoms with Gasteiger partial charge in [-0.3, -0.25) is 14.4 Å². The van der Waals surface area contributed by atoms with Crippen molar-refractivity contribution >= 4 is 17.8 Å². The van der Waals surface area contributed by atoms with Crippen LogP contribution in [0.25, 0.3) is 0 Å². The zero-order valence-corrected chi connectivity index (χ0v) is 14.3. The molecule has 0 unspecified atom stereocenters. The highest BCUT2D eigenvalue weighted by molar-refractivity contribution is 5.94. The second-order valence-corrected chi connectivity index (χ2v) is 6.10. The van der Waals surface area contributed by atoms with Crippen LogP contribution in [0.5, 0.6) is 0 Å². The Morgan fingerprint density at radius 1 is 1.12 bits per heavy atom. The largest absolute Gasteiger partial charge is 0.481 e. The topological polar surface area (TPSA) is 86.7 Å². The lowest BCUT2D eigenvalue weighted by atomic mass is 10.1. The highest BCUT2D eigenvalue weighted by atomic mass is 16.4. The zero-order chi connectivity index (χ0) is 17.9. The van der Waals surface area contributed by atoms with E-state index < -0.39 is 5.97 Å². The SMILES string of the molecule is CC(C)CN(CCC(=O)O)C(=O)CCCNC(=O)c1ccccc1. The predicted molar refractivity (Wildman–Crippen MR) is 91.7 cm³/mol. The van der Waals surface area contributed by atoms with Crippen LogP contribution in [0.2, 0.25) is 0 Å². The van der Waals surface area contributed by atoms with Crippen LogP contribution in [0.3, 0.4) is 0 Å². The molecule has 1 aromatic carbocycles. The standard InChI is InChI=1S/C18H26N2O4/c1-14(2)13-20(12-10-17(22)23)16(21)9-6-11-19-18(24)15-7-4-3-5-8-15/h3-5,7-8,14H,6,9-13H2,1-2H3,(H,19,24)(H,22,23). The minimum Gasteiger partial charge on any atom is -0.481 e. The van der Waals surface area contributed by atoms with E-state index in [1.165, 1.54) is 0 Å². The number of nitrogens with zero attached hydrogens (tertiary/aromatic N) is 1. The van der Waals surface area contributed by atoms with E-state index in [0.29, 0.717) is 31.5 Å². The van der Waals surface area contributed by atoms with Gasteiger partial charge in [0.05, 0.1) is 6.42 Å². The molecule has 2 N–H and O–H groups in total. The van der Waals surface area contributed by atoms with Gasteiger partial charge in [0, 0.05) is 31.6 Å². The van der Waals surface area contributed by atoms with Crippen molar-refractivity contribution in [1.82, 2.24) is 10.2 Å². The normalized spacial score (nSPS) is 10.5. The molecule has 0 aliphatic rings. The van der Waals surface area contributed by atoms with Crippen molar-refractivity contribution in [2.45, 2.75) is 33.1 Å². The third-order valence-electron chi connectivity index (χ3n) is 3.42. The molecule has 0 saturated heterocycles. The van der Waals surface area contributed by atoms with Crippen molar-refractivity contribution in [1.29, 1.82) is 0 Å². The highest BCUT2D eigenvalue weighted by Gasteiger charge is 2.16. The van der Waals surface area contributed by atoms with E-state index in [1.54, 1.807) is 29.2 Å². The van der Waals surface area contributed by atoms with Crippen LogP contribution in [-0.2, 0) is 9.59 Å². The Balaban J connectivity index is 2.36. The Morgan fingerprint density at radius 2 is 1.79 bits per heavy atom. The maximum absolute atomic E-state index is 12.2. The van der Waals surface area contributed by atoms with Crippen molar-refractivity contribution in [3.63, 3.8) is 0 Å². The molecule has 6 heteroatoms.